The van der Waals surface area contributed by atoms with Crippen molar-refractivity contribution in [3.63, 3.8) is 0 Å². The molecule has 0 radical (unpaired) electrons. The number of piperidine rings is 1. The highest BCUT2D eigenvalue weighted by Gasteiger charge is 2.34. The maximum absolute atomic E-state index is 12.2. The summed E-state index contributed by atoms with van der Waals surface area (Å²) >= 11 is 0. The van der Waals surface area contributed by atoms with Gasteiger partial charge in [-0.05, 0) is 19.3 Å². The number of nitrogens with zero attached hydrogens (tertiary/aromatic N) is 1. The van der Waals surface area contributed by atoms with E-state index in [0.717, 1.165) is 6.42 Å². The van der Waals surface area contributed by atoms with Gasteiger partial charge in [0, 0.05) is 19.0 Å². The van der Waals surface area contributed by atoms with Crippen molar-refractivity contribution in [1.82, 2.24) is 4.31 Å². The van der Waals surface area contributed by atoms with Crippen molar-refractivity contribution in [1.29, 1.82) is 0 Å². The first-order valence-corrected chi connectivity index (χ1v) is 8.40. The third-order valence-corrected chi connectivity index (χ3v) is 5.42. The zero-order valence-corrected chi connectivity index (χ0v) is 12.7. The van der Waals surface area contributed by atoms with Crippen LogP contribution in [0, 0.1) is 0 Å². The largest absolute Gasteiger partial charge is 0.469 e. The van der Waals surface area contributed by atoms with E-state index in [2.05, 4.69) is 4.74 Å². The summed E-state index contributed by atoms with van der Waals surface area (Å²) in [4.78, 5) is 11.3. The second kappa shape index (κ2) is 7.44. The van der Waals surface area contributed by atoms with Crippen LogP contribution in [0.3, 0.4) is 0 Å². The topological polar surface area (TPSA) is 63.7 Å². The summed E-state index contributed by atoms with van der Waals surface area (Å²) in [5.74, 6) is -1.07. The summed E-state index contributed by atoms with van der Waals surface area (Å²) in [6.07, 6.45) is -4.05. The van der Waals surface area contributed by atoms with Gasteiger partial charge >= 0.3 is 12.1 Å². The van der Waals surface area contributed by atoms with Gasteiger partial charge in [-0.3, -0.25) is 4.79 Å². The average molecular weight is 331 g/mol. The van der Waals surface area contributed by atoms with Crippen LogP contribution in [-0.2, 0) is 19.6 Å². The van der Waals surface area contributed by atoms with Crippen LogP contribution in [0.15, 0.2) is 0 Å². The molecule has 1 aliphatic rings. The van der Waals surface area contributed by atoms with E-state index in [4.69, 9.17) is 0 Å². The van der Waals surface area contributed by atoms with E-state index in [0.29, 0.717) is 12.8 Å². The molecule has 1 saturated heterocycles. The molecule has 124 valence electrons. The minimum absolute atomic E-state index is 0.0605. The Morgan fingerprint density at radius 3 is 2.57 bits per heavy atom. The molecule has 0 saturated carbocycles. The van der Waals surface area contributed by atoms with E-state index >= 15 is 0 Å². The first-order valence-electron chi connectivity index (χ1n) is 6.79. The number of rotatable bonds is 6. The summed E-state index contributed by atoms with van der Waals surface area (Å²) < 4.78 is 66.3. The monoisotopic (exact) mass is 331 g/mol. The molecule has 0 spiro atoms. The lowest BCUT2D eigenvalue weighted by molar-refractivity contribution is -0.141. The van der Waals surface area contributed by atoms with Crippen molar-refractivity contribution in [3.8, 4) is 0 Å². The molecule has 0 aromatic heterocycles. The molecule has 0 bridgehead atoms. The highest BCUT2D eigenvalue weighted by Crippen LogP contribution is 2.26. The van der Waals surface area contributed by atoms with Crippen LogP contribution >= 0.6 is 0 Å². The van der Waals surface area contributed by atoms with Gasteiger partial charge in [0.05, 0.1) is 19.3 Å². The predicted molar refractivity (Wildman–Crippen MR) is 70.1 cm³/mol. The first-order chi connectivity index (χ1) is 9.65. The van der Waals surface area contributed by atoms with Crippen LogP contribution < -0.4 is 0 Å². The number of carbonyl (C=O) groups is 1. The van der Waals surface area contributed by atoms with Crippen LogP contribution in [0.25, 0.3) is 0 Å². The SMILES string of the molecule is COC(=O)CC1CCCCN1S(=O)(=O)CCCC(F)(F)F. The Bertz CT molecular complexity index is 450. The normalized spacial score (nSPS) is 21.2. The summed E-state index contributed by atoms with van der Waals surface area (Å²) in [6.45, 7) is 0.246. The number of halogens is 3. The van der Waals surface area contributed by atoms with E-state index in [1.165, 1.54) is 11.4 Å². The zero-order valence-electron chi connectivity index (χ0n) is 11.9. The Balaban J connectivity index is 2.66. The van der Waals surface area contributed by atoms with Gasteiger partial charge in [0.25, 0.3) is 0 Å². The second-order valence-corrected chi connectivity index (χ2v) is 7.12. The summed E-state index contributed by atoms with van der Waals surface area (Å²) in [7, 11) is -2.57. The molecule has 0 amide bonds. The molecule has 1 unspecified atom stereocenters. The molecule has 0 aliphatic carbocycles. The van der Waals surface area contributed by atoms with Gasteiger partial charge in [-0.25, -0.2) is 8.42 Å². The maximum Gasteiger partial charge on any atom is 0.389 e. The third kappa shape index (κ3) is 6.21. The van der Waals surface area contributed by atoms with Crippen molar-refractivity contribution >= 4 is 16.0 Å². The molecule has 1 fully saturated rings. The lowest BCUT2D eigenvalue weighted by atomic mass is 10.0. The van der Waals surface area contributed by atoms with Crippen molar-refractivity contribution in [2.45, 2.75) is 50.7 Å². The molecule has 1 aliphatic heterocycles. The lowest BCUT2D eigenvalue weighted by Crippen LogP contribution is -2.45. The number of hydrogen-bond acceptors (Lipinski definition) is 4. The van der Waals surface area contributed by atoms with Gasteiger partial charge in [-0.15, -0.1) is 0 Å². The Labute approximate surface area is 122 Å². The fourth-order valence-corrected chi connectivity index (χ4v) is 4.18. The van der Waals surface area contributed by atoms with Gasteiger partial charge in [0.2, 0.25) is 10.0 Å². The Kier molecular flexibility index (Phi) is 6.45. The smallest absolute Gasteiger partial charge is 0.389 e. The molecule has 1 atom stereocenters. The van der Waals surface area contributed by atoms with E-state index < -0.39 is 46.8 Å². The fraction of sp³-hybridized carbons (Fsp3) is 0.917. The van der Waals surface area contributed by atoms with Gasteiger partial charge in [-0.2, -0.15) is 17.5 Å². The molecular weight excluding hydrogens is 311 g/mol. The van der Waals surface area contributed by atoms with Gasteiger partial charge in [0.15, 0.2) is 0 Å². The first kappa shape index (κ1) is 18.2. The Morgan fingerprint density at radius 1 is 1.33 bits per heavy atom. The van der Waals surface area contributed by atoms with E-state index in [9.17, 15) is 26.4 Å². The van der Waals surface area contributed by atoms with Crippen LogP contribution in [-0.4, -0.2) is 50.3 Å². The quantitative estimate of drug-likeness (QED) is 0.699. The number of carbonyl (C=O) groups excluding carboxylic acids is 1. The Morgan fingerprint density at radius 2 is 2.00 bits per heavy atom. The molecule has 1 heterocycles. The minimum Gasteiger partial charge on any atom is -0.469 e. The van der Waals surface area contributed by atoms with Crippen molar-refractivity contribution < 1.29 is 31.1 Å². The number of sulfonamides is 1. The van der Waals surface area contributed by atoms with Gasteiger partial charge in [0.1, 0.15) is 0 Å². The molecule has 0 N–H and O–H groups in total. The Hall–Kier alpha value is -0.830. The fourth-order valence-electron chi connectivity index (χ4n) is 2.39. The van der Waals surface area contributed by atoms with E-state index in [-0.39, 0.29) is 13.0 Å². The summed E-state index contributed by atoms with van der Waals surface area (Å²) in [6, 6.07) is -0.512. The van der Waals surface area contributed by atoms with Crippen molar-refractivity contribution in [2.75, 3.05) is 19.4 Å². The lowest BCUT2D eigenvalue weighted by Gasteiger charge is -2.34. The highest BCUT2D eigenvalue weighted by molar-refractivity contribution is 7.89. The standard InChI is InChI=1S/C12H20F3NO4S/c1-20-11(17)9-10-5-2-3-7-16(10)21(18,19)8-4-6-12(13,14)15/h10H,2-9H2,1H3. The molecular formula is C12H20F3NO4S. The third-order valence-electron chi connectivity index (χ3n) is 3.42. The number of ether oxygens (including phenoxy) is 1. The van der Waals surface area contributed by atoms with E-state index in [1.54, 1.807) is 0 Å². The van der Waals surface area contributed by atoms with Crippen LogP contribution in [0.2, 0.25) is 0 Å². The molecule has 5 nitrogen and oxygen atoms in total. The zero-order chi connectivity index (χ0) is 16.1. The molecule has 1 rings (SSSR count). The number of esters is 1. The number of methoxy groups -OCH3 is 1. The van der Waals surface area contributed by atoms with Crippen LogP contribution in [0.5, 0.6) is 0 Å². The maximum atomic E-state index is 12.2. The summed E-state index contributed by atoms with van der Waals surface area (Å²) in [5, 5.41) is 0. The van der Waals surface area contributed by atoms with Crippen LogP contribution in [0.4, 0.5) is 13.2 Å². The van der Waals surface area contributed by atoms with Gasteiger partial charge < -0.3 is 4.74 Å². The van der Waals surface area contributed by atoms with E-state index in [1.807, 2.05) is 0 Å². The molecule has 21 heavy (non-hydrogen) atoms. The molecule has 0 aromatic rings. The summed E-state index contributed by atoms with van der Waals surface area (Å²) in [5.41, 5.74) is 0. The molecule has 0 aromatic carbocycles. The second-order valence-electron chi connectivity index (χ2n) is 5.08. The number of alkyl halides is 3. The predicted octanol–water partition coefficient (Wildman–Crippen LogP) is 2.08. The van der Waals surface area contributed by atoms with Gasteiger partial charge in [-0.1, -0.05) is 6.42 Å². The van der Waals surface area contributed by atoms with Crippen LogP contribution in [0.1, 0.15) is 38.5 Å². The van der Waals surface area contributed by atoms with Crippen molar-refractivity contribution in [2.24, 2.45) is 0 Å². The highest BCUT2D eigenvalue weighted by atomic mass is 32.2. The van der Waals surface area contributed by atoms with Crippen molar-refractivity contribution in [3.05, 3.63) is 0 Å². The number of hydrogen-bond donors (Lipinski definition) is 0. The minimum atomic E-state index is -4.36. The molecule has 9 heteroatoms. The average Bonchev–Trinajstić information content (AvgIpc) is 2.37.